The highest BCUT2D eigenvalue weighted by molar-refractivity contribution is 14.1. The molecule has 0 aliphatic carbocycles. The Hall–Kier alpha value is -1.62. The van der Waals surface area contributed by atoms with Gasteiger partial charge in [0, 0.05) is 21.4 Å². The minimum absolute atomic E-state index is 0.0366. The van der Waals surface area contributed by atoms with Gasteiger partial charge in [-0.25, -0.2) is 0 Å². The molecule has 0 saturated heterocycles. The highest BCUT2D eigenvalue weighted by atomic mass is 127. The quantitative estimate of drug-likeness (QED) is 0.691. The van der Waals surface area contributed by atoms with E-state index in [-0.39, 0.29) is 5.91 Å². The number of benzene rings is 2. The van der Waals surface area contributed by atoms with Crippen LogP contribution in [0.1, 0.15) is 21.5 Å². The van der Waals surface area contributed by atoms with E-state index in [4.69, 9.17) is 0 Å². The molecule has 3 rings (SSSR count). The molecule has 2 aromatic carbocycles. The summed E-state index contributed by atoms with van der Waals surface area (Å²) in [5, 5.41) is 0. The van der Waals surface area contributed by atoms with Gasteiger partial charge in [-0.3, -0.25) is 4.79 Å². The van der Waals surface area contributed by atoms with Crippen LogP contribution in [-0.4, -0.2) is 17.4 Å². The molecule has 1 aliphatic heterocycles. The second-order valence-electron chi connectivity index (χ2n) is 4.79. The highest BCUT2D eigenvalue weighted by Crippen LogP contribution is 2.29. The van der Waals surface area contributed by atoms with Crippen molar-refractivity contribution in [3.8, 4) is 0 Å². The molecule has 1 aliphatic rings. The fourth-order valence-electron chi connectivity index (χ4n) is 2.54. The molecule has 0 saturated carbocycles. The molecule has 2 nitrogen and oxygen atoms in total. The zero-order valence-corrected chi connectivity index (χ0v) is 13.1. The Labute approximate surface area is 132 Å². The minimum Gasteiger partial charge on any atom is -0.308 e. The average Bonchev–Trinajstić information content (AvgIpc) is 2.48. The van der Waals surface area contributed by atoms with Crippen LogP contribution >= 0.6 is 22.6 Å². The van der Waals surface area contributed by atoms with Crippen LogP contribution in [-0.2, 0) is 6.42 Å². The van der Waals surface area contributed by atoms with Crippen molar-refractivity contribution in [3.05, 3.63) is 75.4 Å². The third kappa shape index (κ3) is 2.26. The number of fused-ring (bicyclic) bond motifs is 1. The SMILES string of the molecule is C=C1c2ccccc2CCN1C(=O)c1ccccc1I. The lowest BCUT2D eigenvalue weighted by molar-refractivity contribution is 0.0832. The Kier molecular flexibility index (Phi) is 3.61. The van der Waals surface area contributed by atoms with Crippen molar-refractivity contribution in [3.63, 3.8) is 0 Å². The molecule has 100 valence electrons. The van der Waals surface area contributed by atoms with Crippen molar-refractivity contribution in [2.75, 3.05) is 6.54 Å². The maximum Gasteiger partial charge on any atom is 0.259 e. The molecule has 0 unspecified atom stereocenters. The molecule has 0 radical (unpaired) electrons. The number of halogens is 1. The molecule has 20 heavy (non-hydrogen) atoms. The van der Waals surface area contributed by atoms with Crippen molar-refractivity contribution < 1.29 is 4.79 Å². The largest absolute Gasteiger partial charge is 0.308 e. The Balaban J connectivity index is 1.96. The molecule has 0 atom stereocenters. The third-order valence-electron chi connectivity index (χ3n) is 3.61. The van der Waals surface area contributed by atoms with Gasteiger partial charge in [0.1, 0.15) is 0 Å². The van der Waals surface area contributed by atoms with Gasteiger partial charge in [-0.15, -0.1) is 0 Å². The zero-order chi connectivity index (χ0) is 14.1. The fourth-order valence-corrected chi connectivity index (χ4v) is 3.15. The number of carbonyl (C=O) groups is 1. The summed E-state index contributed by atoms with van der Waals surface area (Å²) in [6.45, 7) is 4.81. The number of carbonyl (C=O) groups excluding carboxylic acids is 1. The Bertz CT molecular complexity index is 693. The molecule has 1 heterocycles. The first-order valence-corrected chi connectivity index (χ1v) is 7.60. The van der Waals surface area contributed by atoms with Crippen molar-refractivity contribution in [1.29, 1.82) is 0 Å². The van der Waals surface area contributed by atoms with Crippen LogP contribution < -0.4 is 0 Å². The van der Waals surface area contributed by atoms with Gasteiger partial charge >= 0.3 is 0 Å². The monoisotopic (exact) mass is 375 g/mol. The molecule has 0 bridgehead atoms. The number of hydrogen-bond donors (Lipinski definition) is 0. The molecule has 0 aromatic heterocycles. The Morgan fingerprint density at radius 3 is 2.60 bits per heavy atom. The minimum atomic E-state index is 0.0366. The summed E-state index contributed by atoms with van der Waals surface area (Å²) < 4.78 is 0.974. The Morgan fingerprint density at radius 1 is 1.10 bits per heavy atom. The zero-order valence-electron chi connectivity index (χ0n) is 11.0. The van der Waals surface area contributed by atoms with Crippen LogP contribution in [0, 0.1) is 3.57 Å². The van der Waals surface area contributed by atoms with Crippen LogP contribution in [0.3, 0.4) is 0 Å². The molecule has 0 spiro atoms. The van der Waals surface area contributed by atoms with Gasteiger partial charge in [0.2, 0.25) is 0 Å². The van der Waals surface area contributed by atoms with E-state index in [0.717, 1.165) is 26.8 Å². The van der Waals surface area contributed by atoms with Gasteiger partial charge in [0.25, 0.3) is 5.91 Å². The lowest BCUT2D eigenvalue weighted by Crippen LogP contribution is -2.35. The van der Waals surface area contributed by atoms with Gasteiger partial charge in [-0.1, -0.05) is 43.0 Å². The summed E-state index contributed by atoms with van der Waals surface area (Å²) in [5.41, 5.74) is 3.90. The fraction of sp³-hybridized carbons (Fsp3) is 0.118. The second kappa shape index (κ2) is 5.40. The maximum atomic E-state index is 12.7. The predicted molar refractivity (Wildman–Crippen MR) is 89.4 cm³/mol. The standard InChI is InChI=1S/C17H14INO/c1-12-14-7-3-2-6-13(14)10-11-19(12)17(20)15-8-4-5-9-16(15)18/h2-9H,1,10-11H2. The van der Waals surface area contributed by atoms with Crippen LogP contribution in [0.15, 0.2) is 55.1 Å². The summed E-state index contributed by atoms with van der Waals surface area (Å²) in [7, 11) is 0. The van der Waals surface area contributed by atoms with Gasteiger partial charge < -0.3 is 4.90 Å². The van der Waals surface area contributed by atoms with E-state index in [2.05, 4.69) is 35.2 Å². The van der Waals surface area contributed by atoms with E-state index in [0.29, 0.717) is 6.54 Å². The van der Waals surface area contributed by atoms with E-state index in [1.807, 2.05) is 42.5 Å². The molecule has 1 amide bonds. The van der Waals surface area contributed by atoms with Gasteiger partial charge in [-0.2, -0.15) is 0 Å². The summed E-state index contributed by atoms with van der Waals surface area (Å²) >= 11 is 2.20. The normalized spacial score (nSPS) is 14.1. The number of nitrogens with zero attached hydrogens (tertiary/aromatic N) is 1. The summed E-state index contributed by atoms with van der Waals surface area (Å²) in [6.07, 6.45) is 0.879. The van der Waals surface area contributed by atoms with Gasteiger partial charge in [0.05, 0.1) is 5.56 Å². The number of rotatable bonds is 1. The average molecular weight is 375 g/mol. The van der Waals surface area contributed by atoms with E-state index in [1.54, 1.807) is 4.90 Å². The van der Waals surface area contributed by atoms with Crippen LogP contribution in [0.2, 0.25) is 0 Å². The molecular weight excluding hydrogens is 361 g/mol. The Morgan fingerprint density at radius 2 is 1.80 bits per heavy atom. The smallest absolute Gasteiger partial charge is 0.259 e. The summed E-state index contributed by atoms with van der Waals surface area (Å²) in [4.78, 5) is 14.5. The third-order valence-corrected chi connectivity index (χ3v) is 4.55. The molecule has 3 heteroatoms. The molecule has 2 aromatic rings. The predicted octanol–water partition coefficient (Wildman–Crippen LogP) is 3.96. The van der Waals surface area contributed by atoms with E-state index in [9.17, 15) is 4.79 Å². The highest BCUT2D eigenvalue weighted by Gasteiger charge is 2.25. The topological polar surface area (TPSA) is 20.3 Å². The lowest BCUT2D eigenvalue weighted by Gasteiger charge is -2.31. The van der Waals surface area contributed by atoms with Crippen molar-refractivity contribution in [1.82, 2.24) is 4.90 Å². The molecule has 0 fully saturated rings. The number of amides is 1. The van der Waals surface area contributed by atoms with Crippen molar-refractivity contribution >= 4 is 34.2 Å². The summed E-state index contributed by atoms with van der Waals surface area (Å²) in [6, 6.07) is 15.8. The van der Waals surface area contributed by atoms with Crippen molar-refractivity contribution in [2.24, 2.45) is 0 Å². The van der Waals surface area contributed by atoms with Crippen LogP contribution in [0.5, 0.6) is 0 Å². The maximum absolute atomic E-state index is 12.7. The first kappa shape index (κ1) is 13.4. The van der Waals surface area contributed by atoms with Crippen LogP contribution in [0.4, 0.5) is 0 Å². The summed E-state index contributed by atoms with van der Waals surface area (Å²) in [5.74, 6) is 0.0366. The van der Waals surface area contributed by atoms with E-state index in [1.165, 1.54) is 5.56 Å². The van der Waals surface area contributed by atoms with Crippen LogP contribution in [0.25, 0.3) is 5.70 Å². The van der Waals surface area contributed by atoms with Gasteiger partial charge in [0.15, 0.2) is 0 Å². The van der Waals surface area contributed by atoms with E-state index >= 15 is 0 Å². The van der Waals surface area contributed by atoms with Crippen molar-refractivity contribution in [2.45, 2.75) is 6.42 Å². The van der Waals surface area contributed by atoms with Gasteiger partial charge in [-0.05, 0) is 46.7 Å². The lowest BCUT2D eigenvalue weighted by atomic mass is 9.96. The molecule has 0 N–H and O–H groups in total. The first-order chi connectivity index (χ1) is 9.68. The molecular formula is C17H14INO. The second-order valence-corrected chi connectivity index (χ2v) is 5.95. The van der Waals surface area contributed by atoms with E-state index < -0.39 is 0 Å². The first-order valence-electron chi connectivity index (χ1n) is 6.52. The number of hydrogen-bond acceptors (Lipinski definition) is 1.